The van der Waals surface area contributed by atoms with Gasteiger partial charge in [-0.15, -0.1) is 0 Å². The van der Waals surface area contributed by atoms with E-state index in [1.165, 1.54) is 18.3 Å². The number of hydrogen-bond donors (Lipinski definition) is 1. The molecule has 1 aliphatic heterocycles. The molecule has 2 aromatic heterocycles. The van der Waals surface area contributed by atoms with Gasteiger partial charge in [0.05, 0.1) is 24.5 Å². The summed E-state index contributed by atoms with van der Waals surface area (Å²) in [5.74, 6) is -1.02. The van der Waals surface area contributed by atoms with Crippen molar-refractivity contribution in [3.05, 3.63) is 65.5 Å². The SMILES string of the molecule is FC(F)(F)c1cc(-c2ccccn2)ccc1CNc1ncc(C(F)(F)F)c(OC2COC2)n1. The van der Waals surface area contributed by atoms with Crippen LogP contribution in [-0.2, 0) is 23.6 Å². The van der Waals surface area contributed by atoms with Crippen molar-refractivity contribution >= 4 is 5.95 Å². The third-order valence-electron chi connectivity index (χ3n) is 4.76. The van der Waals surface area contributed by atoms with Gasteiger partial charge in [0.25, 0.3) is 0 Å². The minimum Gasteiger partial charge on any atom is -0.469 e. The van der Waals surface area contributed by atoms with Gasteiger partial charge in [0.15, 0.2) is 0 Å². The second-order valence-corrected chi connectivity index (χ2v) is 7.13. The molecule has 1 N–H and O–H groups in total. The summed E-state index contributed by atoms with van der Waals surface area (Å²) in [6.45, 7) is -0.155. The van der Waals surface area contributed by atoms with Gasteiger partial charge in [-0.05, 0) is 23.8 Å². The lowest BCUT2D eigenvalue weighted by Gasteiger charge is -2.27. The Kier molecular flexibility index (Phi) is 6.11. The number of ether oxygens (including phenoxy) is 2. The largest absolute Gasteiger partial charge is 0.469 e. The smallest absolute Gasteiger partial charge is 0.423 e. The zero-order valence-electron chi connectivity index (χ0n) is 16.7. The molecule has 1 fully saturated rings. The van der Waals surface area contributed by atoms with Crippen LogP contribution >= 0.6 is 0 Å². The standard InChI is InChI=1S/C21H16F6N4O2/c22-20(23,24)15-7-12(17-3-1-2-6-28-17)4-5-13(15)8-29-19-30-9-16(21(25,26)27)18(31-19)33-14-10-32-11-14/h1-7,9,14H,8,10-11H2,(H,29,30,31). The maximum absolute atomic E-state index is 13.7. The van der Waals surface area contributed by atoms with Crippen molar-refractivity contribution in [2.75, 3.05) is 18.5 Å². The Hall–Kier alpha value is -3.41. The van der Waals surface area contributed by atoms with Gasteiger partial charge in [0.2, 0.25) is 11.8 Å². The zero-order chi connectivity index (χ0) is 23.6. The molecule has 3 heterocycles. The van der Waals surface area contributed by atoms with Gasteiger partial charge in [-0.2, -0.15) is 31.3 Å². The van der Waals surface area contributed by atoms with E-state index in [0.717, 1.165) is 6.07 Å². The van der Waals surface area contributed by atoms with Crippen LogP contribution in [0, 0.1) is 0 Å². The van der Waals surface area contributed by atoms with Gasteiger partial charge >= 0.3 is 12.4 Å². The second-order valence-electron chi connectivity index (χ2n) is 7.13. The van der Waals surface area contributed by atoms with Crippen LogP contribution in [0.1, 0.15) is 16.7 Å². The fraction of sp³-hybridized carbons (Fsp3) is 0.286. The molecule has 0 atom stereocenters. The number of anilines is 1. The molecule has 174 valence electrons. The van der Waals surface area contributed by atoms with E-state index in [1.54, 1.807) is 18.2 Å². The molecular formula is C21H16F6N4O2. The van der Waals surface area contributed by atoms with Crippen molar-refractivity contribution in [2.24, 2.45) is 0 Å². The molecule has 6 nitrogen and oxygen atoms in total. The van der Waals surface area contributed by atoms with Crippen LogP contribution in [0.25, 0.3) is 11.3 Å². The molecule has 0 amide bonds. The highest BCUT2D eigenvalue weighted by Gasteiger charge is 2.38. The molecule has 4 rings (SSSR count). The summed E-state index contributed by atoms with van der Waals surface area (Å²) in [6, 6.07) is 8.60. The minimum atomic E-state index is -4.76. The lowest BCUT2D eigenvalue weighted by molar-refractivity contribution is -0.143. The lowest BCUT2D eigenvalue weighted by atomic mass is 10.0. The molecule has 3 aromatic rings. The summed E-state index contributed by atoms with van der Waals surface area (Å²) in [5.41, 5.74) is -1.59. The van der Waals surface area contributed by atoms with Gasteiger partial charge in [0, 0.05) is 24.5 Å². The van der Waals surface area contributed by atoms with Crippen LogP contribution in [0.15, 0.2) is 48.8 Å². The Labute approximate surface area is 183 Å². The van der Waals surface area contributed by atoms with Crippen LogP contribution < -0.4 is 10.1 Å². The monoisotopic (exact) mass is 470 g/mol. The van der Waals surface area contributed by atoms with Crippen LogP contribution in [0.5, 0.6) is 5.88 Å². The Morgan fingerprint density at radius 2 is 1.73 bits per heavy atom. The first-order chi connectivity index (χ1) is 15.6. The predicted octanol–water partition coefficient (Wildman–Crippen LogP) is 4.97. The number of aromatic nitrogens is 3. The topological polar surface area (TPSA) is 69.2 Å². The molecule has 0 radical (unpaired) electrons. The number of nitrogens with one attached hydrogen (secondary N) is 1. The molecule has 1 saturated heterocycles. The highest BCUT2D eigenvalue weighted by molar-refractivity contribution is 5.61. The van der Waals surface area contributed by atoms with E-state index in [2.05, 4.69) is 20.3 Å². The van der Waals surface area contributed by atoms with Gasteiger partial charge in [-0.25, -0.2) is 4.98 Å². The number of benzene rings is 1. The Morgan fingerprint density at radius 3 is 2.33 bits per heavy atom. The van der Waals surface area contributed by atoms with Crippen molar-refractivity contribution in [2.45, 2.75) is 25.0 Å². The van der Waals surface area contributed by atoms with Crippen LogP contribution in [-0.4, -0.2) is 34.3 Å². The fourth-order valence-corrected chi connectivity index (χ4v) is 3.04. The predicted molar refractivity (Wildman–Crippen MR) is 104 cm³/mol. The second kappa shape index (κ2) is 8.85. The molecular weight excluding hydrogens is 454 g/mol. The fourth-order valence-electron chi connectivity index (χ4n) is 3.04. The van der Waals surface area contributed by atoms with E-state index in [1.807, 2.05) is 0 Å². The number of hydrogen-bond acceptors (Lipinski definition) is 6. The number of pyridine rings is 1. The summed E-state index contributed by atoms with van der Waals surface area (Å²) in [7, 11) is 0. The highest BCUT2D eigenvalue weighted by atomic mass is 19.4. The van der Waals surface area contributed by atoms with Gasteiger partial charge < -0.3 is 14.8 Å². The average Bonchev–Trinajstić information content (AvgIpc) is 2.74. The summed E-state index contributed by atoms with van der Waals surface area (Å²) < 4.78 is 90.8. The molecule has 0 aliphatic carbocycles. The van der Waals surface area contributed by atoms with E-state index >= 15 is 0 Å². The van der Waals surface area contributed by atoms with E-state index in [4.69, 9.17) is 9.47 Å². The van der Waals surface area contributed by atoms with Crippen molar-refractivity contribution in [1.29, 1.82) is 0 Å². The average molecular weight is 470 g/mol. The van der Waals surface area contributed by atoms with Crippen molar-refractivity contribution in [3.63, 3.8) is 0 Å². The molecule has 12 heteroatoms. The number of rotatable bonds is 6. The third-order valence-corrected chi connectivity index (χ3v) is 4.76. The molecule has 0 saturated carbocycles. The third kappa shape index (κ3) is 5.33. The molecule has 0 unspecified atom stereocenters. The van der Waals surface area contributed by atoms with E-state index in [0.29, 0.717) is 11.9 Å². The molecule has 0 spiro atoms. The number of halogens is 6. The molecule has 1 aliphatic rings. The van der Waals surface area contributed by atoms with E-state index in [9.17, 15) is 26.3 Å². The first kappa shape index (κ1) is 22.8. The van der Waals surface area contributed by atoms with Crippen LogP contribution in [0.4, 0.5) is 32.3 Å². The van der Waals surface area contributed by atoms with Gasteiger partial charge in [-0.1, -0.05) is 18.2 Å². The quantitative estimate of drug-likeness (QED) is 0.514. The van der Waals surface area contributed by atoms with E-state index < -0.39 is 35.5 Å². The van der Waals surface area contributed by atoms with Gasteiger partial charge in [-0.3, -0.25) is 4.98 Å². The zero-order valence-corrected chi connectivity index (χ0v) is 16.7. The maximum Gasteiger partial charge on any atom is 0.423 e. The van der Waals surface area contributed by atoms with E-state index in [-0.39, 0.29) is 36.8 Å². The summed E-state index contributed by atoms with van der Waals surface area (Å²) in [4.78, 5) is 11.4. The van der Waals surface area contributed by atoms with Gasteiger partial charge in [0.1, 0.15) is 11.7 Å². The Balaban J connectivity index is 1.58. The Morgan fingerprint density at radius 1 is 0.970 bits per heavy atom. The van der Waals surface area contributed by atoms with Crippen molar-refractivity contribution in [3.8, 4) is 17.1 Å². The first-order valence-electron chi connectivity index (χ1n) is 9.65. The minimum absolute atomic E-state index is 0.113. The lowest BCUT2D eigenvalue weighted by Crippen LogP contribution is -2.39. The summed E-state index contributed by atoms with van der Waals surface area (Å²) in [5, 5.41) is 2.54. The van der Waals surface area contributed by atoms with Crippen LogP contribution in [0.2, 0.25) is 0 Å². The maximum atomic E-state index is 13.7. The molecule has 1 aromatic carbocycles. The first-order valence-corrected chi connectivity index (χ1v) is 9.65. The summed E-state index contributed by atoms with van der Waals surface area (Å²) in [6.07, 6.45) is -8.02. The van der Waals surface area contributed by atoms with Crippen LogP contribution in [0.3, 0.4) is 0 Å². The normalized spacial score (nSPS) is 14.6. The number of nitrogens with zero attached hydrogens (tertiary/aromatic N) is 3. The summed E-state index contributed by atoms with van der Waals surface area (Å²) >= 11 is 0. The highest BCUT2D eigenvalue weighted by Crippen LogP contribution is 2.37. The van der Waals surface area contributed by atoms with Crippen molar-refractivity contribution < 1.29 is 35.8 Å². The Bertz CT molecular complexity index is 1120. The molecule has 0 bridgehead atoms. The number of alkyl halides is 6. The molecule has 33 heavy (non-hydrogen) atoms. The van der Waals surface area contributed by atoms with Crippen molar-refractivity contribution in [1.82, 2.24) is 15.0 Å².